The Balaban J connectivity index is 2.21. The molecule has 1 aliphatic heterocycles. The van der Waals surface area contributed by atoms with Crippen LogP contribution < -0.4 is 5.32 Å². The highest BCUT2D eigenvalue weighted by Crippen LogP contribution is 2.47. The first kappa shape index (κ1) is 10.6. The summed E-state index contributed by atoms with van der Waals surface area (Å²) >= 11 is 6.11. The zero-order chi connectivity index (χ0) is 10.9. The lowest BCUT2D eigenvalue weighted by molar-refractivity contribution is -0.112. The Kier molecular flexibility index (Phi) is 2.80. The lowest BCUT2D eigenvalue weighted by Gasteiger charge is -2.17. The zero-order valence-electron chi connectivity index (χ0n) is 8.23. The summed E-state index contributed by atoms with van der Waals surface area (Å²) in [5.41, 5.74) is 1.06. The minimum Gasteiger partial charge on any atom is -0.358 e. The van der Waals surface area contributed by atoms with Gasteiger partial charge in [0.1, 0.15) is 0 Å². The Morgan fingerprint density at radius 3 is 2.93 bits per heavy atom. The number of thioether (sulfide) groups is 1. The third-order valence-electron chi connectivity index (χ3n) is 2.01. The van der Waals surface area contributed by atoms with Crippen LogP contribution in [0.1, 0.15) is 6.92 Å². The van der Waals surface area contributed by atoms with E-state index < -0.39 is 4.20 Å². The zero-order valence-corrected chi connectivity index (χ0v) is 9.94. The number of ketones is 1. The minimum absolute atomic E-state index is 0.0294. The summed E-state index contributed by atoms with van der Waals surface area (Å²) in [5, 5.41) is 3.25. The molecule has 1 atom stereocenters. The molecule has 2 nitrogen and oxygen atoms in total. The van der Waals surface area contributed by atoms with Crippen LogP contribution in [0.3, 0.4) is 0 Å². The molecule has 0 spiro atoms. The second kappa shape index (κ2) is 3.94. The van der Waals surface area contributed by atoms with E-state index in [4.69, 9.17) is 0 Å². The molecule has 0 saturated heterocycles. The summed E-state index contributed by atoms with van der Waals surface area (Å²) in [5.74, 6) is 0.0294. The van der Waals surface area contributed by atoms with Gasteiger partial charge in [-0.1, -0.05) is 23.9 Å². The largest absolute Gasteiger partial charge is 0.358 e. The highest BCUT2D eigenvalue weighted by atomic mass is 32.2. The number of allylic oxidation sites excluding steroid dienone is 1. The van der Waals surface area contributed by atoms with Gasteiger partial charge in [0, 0.05) is 10.6 Å². The molecule has 1 aliphatic rings. The number of nitrogens with one attached hydrogen (secondary N) is 1. The Morgan fingerprint density at radius 2 is 2.27 bits per heavy atom. The van der Waals surface area contributed by atoms with Crippen molar-refractivity contribution in [3.8, 4) is 0 Å². The Hall–Kier alpha value is -0.870. The van der Waals surface area contributed by atoms with Crippen molar-refractivity contribution in [3.05, 3.63) is 36.4 Å². The van der Waals surface area contributed by atoms with Crippen LogP contribution in [-0.2, 0) is 4.79 Å². The van der Waals surface area contributed by atoms with Gasteiger partial charge in [0.25, 0.3) is 0 Å². The number of benzene rings is 1. The molecule has 0 bridgehead atoms. The van der Waals surface area contributed by atoms with E-state index in [-0.39, 0.29) is 5.78 Å². The van der Waals surface area contributed by atoms with E-state index in [9.17, 15) is 4.79 Å². The molecular formula is C11H11NOS2. The third-order valence-corrected chi connectivity index (χ3v) is 3.67. The second-order valence-electron chi connectivity index (χ2n) is 3.36. The quantitative estimate of drug-likeness (QED) is 0.612. The van der Waals surface area contributed by atoms with Crippen molar-refractivity contribution in [2.24, 2.45) is 0 Å². The van der Waals surface area contributed by atoms with E-state index >= 15 is 0 Å². The summed E-state index contributed by atoms with van der Waals surface area (Å²) in [6.07, 6.45) is 3.32. The van der Waals surface area contributed by atoms with Crippen molar-refractivity contribution >= 4 is 35.9 Å². The van der Waals surface area contributed by atoms with Crippen LogP contribution in [0.2, 0.25) is 0 Å². The number of carbonyl (C=O) groups is 1. The third kappa shape index (κ3) is 2.38. The summed E-state index contributed by atoms with van der Waals surface area (Å²) in [6, 6.07) is 8.00. The minimum atomic E-state index is -0.505. The fraction of sp³-hybridized carbons (Fsp3) is 0.182. The van der Waals surface area contributed by atoms with E-state index in [1.165, 1.54) is 6.92 Å². The van der Waals surface area contributed by atoms with E-state index in [1.807, 2.05) is 24.3 Å². The van der Waals surface area contributed by atoms with Crippen LogP contribution >= 0.6 is 24.4 Å². The molecule has 0 saturated carbocycles. The lowest BCUT2D eigenvalue weighted by Crippen LogP contribution is -2.20. The molecular weight excluding hydrogens is 226 g/mol. The summed E-state index contributed by atoms with van der Waals surface area (Å²) in [7, 11) is 0. The Bertz CT molecular complexity index is 403. The van der Waals surface area contributed by atoms with Gasteiger partial charge in [-0.15, -0.1) is 12.6 Å². The van der Waals surface area contributed by atoms with Crippen molar-refractivity contribution in [2.45, 2.75) is 16.0 Å². The predicted octanol–water partition coefficient (Wildman–Crippen LogP) is 2.93. The fourth-order valence-corrected chi connectivity index (χ4v) is 2.85. The molecule has 78 valence electrons. The highest BCUT2D eigenvalue weighted by molar-refractivity contribution is 8.12. The molecule has 1 heterocycles. The maximum absolute atomic E-state index is 10.9. The second-order valence-corrected chi connectivity index (χ2v) is 5.66. The van der Waals surface area contributed by atoms with Gasteiger partial charge in [0.2, 0.25) is 0 Å². The number of carbonyl (C=O) groups excluding carboxylic acids is 1. The van der Waals surface area contributed by atoms with Crippen LogP contribution in [0.4, 0.5) is 5.69 Å². The van der Waals surface area contributed by atoms with Gasteiger partial charge in [-0.05, 0) is 31.2 Å². The maximum atomic E-state index is 10.9. The lowest BCUT2D eigenvalue weighted by atomic mass is 10.3. The molecule has 0 amide bonds. The summed E-state index contributed by atoms with van der Waals surface area (Å²) in [6.45, 7) is 1.53. The van der Waals surface area contributed by atoms with E-state index in [0.29, 0.717) is 0 Å². The van der Waals surface area contributed by atoms with Crippen molar-refractivity contribution in [2.75, 3.05) is 5.32 Å². The molecule has 1 N–H and O–H groups in total. The monoisotopic (exact) mass is 237 g/mol. The van der Waals surface area contributed by atoms with Gasteiger partial charge in [-0.2, -0.15) is 0 Å². The maximum Gasteiger partial charge on any atom is 0.152 e. The number of hydrogen-bond donors (Lipinski definition) is 2. The highest BCUT2D eigenvalue weighted by Gasteiger charge is 2.31. The van der Waals surface area contributed by atoms with Gasteiger partial charge < -0.3 is 5.32 Å². The van der Waals surface area contributed by atoms with Crippen LogP contribution in [0.5, 0.6) is 0 Å². The van der Waals surface area contributed by atoms with Gasteiger partial charge in [0.15, 0.2) is 9.99 Å². The van der Waals surface area contributed by atoms with Crippen LogP contribution in [0.15, 0.2) is 41.3 Å². The van der Waals surface area contributed by atoms with Gasteiger partial charge in [-0.3, -0.25) is 4.79 Å². The molecule has 0 fully saturated rings. The number of fused-ring (bicyclic) bond motifs is 1. The van der Waals surface area contributed by atoms with E-state index in [0.717, 1.165) is 10.6 Å². The van der Waals surface area contributed by atoms with Gasteiger partial charge >= 0.3 is 0 Å². The first-order valence-electron chi connectivity index (χ1n) is 4.57. The van der Waals surface area contributed by atoms with Gasteiger partial charge in [0.05, 0.1) is 0 Å². The molecule has 15 heavy (non-hydrogen) atoms. The van der Waals surface area contributed by atoms with Crippen LogP contribution in [0.25, 0.3) is 0 Å². The average Bonchev–Trinajstić information content (AvgIpc) is 2.52. The molecule has 0 radical (unpaired) electrons. The molecule has 0 aliphatic carbocycles. The van der Waals surface area contributed by atoms with Crippen molar-refractivity contribution in [1.29, 1.82) is 0 Å². The molecule has 1 unspecified atom stereocenters. The number of rotatable bonds is 2. The Labute approximate surface area is 98.6 Å². The first-order valence-corrected chi connectivity index (χ1v) is 5.84. The molecule has 0 aromatic heterocycles. The fourth-order valence-electron chi connectivity index (χ4n) is 1.35. The van der Waals surface area contributed by atoms with E-state index in [2.05, 4.69) is 17.9 Å². The summed E-state index contributed by atoms with van der Waals surface area (Å²) in [4.78, 5) is 12.0. The molecule has 2 rings (SSSR count). The van der Waals surface area contributed by atoms with Crippen LogP contribution in [-0.4, -0.2) is 9.99 Å². The average molecular weight is 237 g/mol. The first-order chi connectivity index (χ1) is 7.09. The smallest absolute Gasteiger partial charge is 0.152 e. The number of thiol groups is 1. The number of anilines is 1. The SMILES string of the molecule is CC(=O)/C=C/C1(S)Nc2ccccc2S1. The molecule has 1 aromatic rings. The normalized spacial score (nSPS) is 23.9. The van der Waals surface area contributed by atoms with Crippen molar-refractivity contribution in [3.63, 3.8) is 0 Å². The van der Waals surface area contributed by atoms with Crippen molar-refractivity contribution < 1.29 is 4.79 Å². The summed E-state index contributed by atoms with van der Waals surface area (Å²) < 4.78 is -0.505. The standard InChI is InChI=1S/C11H11NOS2/c1-8(13)6-7-11(14)12-9-4-2-3-5-10(9)15-11/h2-7,12,14H,1H3/b7-6+. The molecule has 4 heteroatoms. The van der Waals surface area contributed by atoms with E-state index in [1.54, 1.807) is 23.9 Å². The predicted molar refractivity (Wildman–Crippen MR) is 67.5 cm³/mol. The topological polar surface area (TPSA) is 29.1 Å². The molecule has 1 aromatic carbocycles. The number of hydrogen-bond acceptors (Lipinski definition) is 4. The van der Waals surface area contributed by atoms with Gasteiger partial charge in [-0.25, -0.2) is 0 Å². The van der Waals surface area contributed by atoms with Crippen molar-refractivity contribution in [1.82, 2.24) is 0 Å². The number of para-hydroxylation sites is 1. The van der Waals surface area contributed by atoms with Crippen LogP contribution in [0, 0.1) is 0 Å². The Morgan fingerprint density at radius 1 is 1.53 bits per heavy atom.